The number of esters is 1. The van der Waals surface area contributed by atoms with E-state index in [4.69, 9.17) is 9.15 Å². The fourth-order valence-electron chi connectivity index (χ4n) is 1.65. The van der Waals surface area contributed by atoms with Crippen LogP contribution in [0.4, 0.5) is 0 Å². The quantitative estimate of drug-likeness (QED) is 0.544. The maximum atomic E-state index is 11.8. The zero-order chi connectivity index (χ0) is 14.8. The zero-order valence-corrected chi connectivity index (χ0v) is 12.1. The molecule has 0 bridgehead atoms. The van der Waals surface area contributed by atoms with E-state index >= 15 is 0 Å². The number of hydrogen-bond donors (Lipinski definition) is 1. The molecule has 0 aliphatic carbocycles. The molecule has 0 aliphatic rings. The SMILES string of the molecule is CCOC(=O)CCCNCC(=O)N(C)Cc1ccco1. The van der Waals surface area contributed by atoms with E-state index in [0.717, 1.165) is 5.76 Å². The summed E-state index contributed by atoms with van der Waals surface area (Å²) in [7, 11) is 1.73. The van der Waals surface area contributed by atoms with Gasteiger partial charge in [0, 0.05) is 13.5 Å². The van der Waals surface area contributed by atoms with Gasteiger partial charge in [0.15, 0.2) is 0 Å². The molecule has 0 aromatic carbocycles. The molecule has 6 nitrogen and oxygen atoms in total. The van der Waals surface area contributed by atoms with Gasteiger partial charge in [0.2, 0.25) is 5.91 Å². The second-order valence-corrected chi connectivity index (χ2v) is 4.41. The Morgan fingerprint density at radius 2 is 2.25 bits per heavy atom. The Morgan fingerprint density at radius 3 is 2.90 bits per heavy atom. The van der Waals surface area contributed by atoms with Crippen LogP contribution in [0.2, 0.25) is 0 Å². The molecule has 0 saturated carbocycles. The Bertz CT molecular complexity index is 403. The number of likely N-dealkylation sites (N-methyl/N-ethyl adjacent to an activating group) is 1. The molecule has 112 valence electrons. The molecule has 1 N–H and O–H groups in total. The Balaban J connectivity index is 2.09. The highest BCUT2D eigenvalue weighted by Crippen LogP contribution is 2.03. The second-order valence-electron chi connectivity index (χ2n) is 4.41. The van der Waals surface area contributed by atoms with Crippen LogP contribution in [0.5, 0.6) is 0 Å². The van der Waals surface area contributed by atoms with E-state index in [0.29, 0.717) is 32.5 Å². The van der Waals surface area contributed by atoms with Crippen molar-refractivity contribution >= 4 is 11.9 Å². The maximum Gasteiger partial charge on any atom is 0.305 e. The lowest BCUT2D eigenvalue weighted by Gasteiger charge is -2.16. The Hall–Kier alpha value is -1.82. The first kappa shape index (κ1) is 16.2. The highest BCUT2D eigenvalue weighted by Gasteiger charge is 2.10. The monoisotopic (exact) mass is 282 g/mol. The highest BCUT2D eigenvalue weighted by molar-refractivity contribution is 5.77. The molecule has 1 heterocycles. The van der Waals surface area contributed by atoms with Crippen molar-refractivity contribution in [2.24, 2.45) is 0 Å². The smallest absolute Gasteiger partial charge is 0.305 e. The second kappa shape index (κ2) is 9.14. The molecule has 0 radical (unpaired) electrons. The van der Waals surface area contributed by atoms with Crippen LogP contribution in [0.15, 0.2) is 22.8 Å². The standard InChI is InChI=1S/C14H22N2O4/c1-3-19-14(18)7-4-8-15-10-13(17)16(2)11-12-6-5-9-20-12/h5-6,9,15H,3-4,7-8,10-11H2,1-2H3. The number of carbonyl (C=O) groups is 2. The molecule has 0 atom stereocenters. The lowest BCUT2D eigenvalue weighted by atomic mass is 10.3. The first-order valence-electron chi connectivity index (χ1n) is 6.76. The average molecular weight is 282 g/mol. The summed E-state index contributed by atoms with van der Waals surface area (Å²) >= 11 is 0. The van der Waals surface area contributed by atoms with Gasteiger partial charge in [-0.05, 0) is 32.0 Å². The van der Waals surface area contributed by atoms with Gasteiger partial charge in [-0.1, -0.05) is 0 Å². The van der Waals surface area contributed by atoms with Gasteiger partial charge in [-0.15, -0.1) is 0 Å². The molecule has 6 heteroatoms. The third-order valence-corrected chi connectivity index (χ3v) is 2.71. The zero-order valence-electron chi connectivity index (χ0n) is 12.1. The Kier molecular flexibility index (Phi) is 7.42. The number of rotatable bonds is 9. The first-order valence-corrected chi connectivity index (χ1v) is 6.76. The molecule has 20 heavy (non-hydrogen) atoms. The fourth-order valence-corrected chi connectivity index (χ4v) is 1.65. The third kappa shape index (κ3) is 6.38. The van der Waals surface area contributed by atoms with Crippen LogP contribution in [0.1, 0.15) is 25.5 Å². The minimum Gasteiger partial charge on any atom is -0.467 e. The summed E-state index contributed by atoms with van der Waals surface area (Å²) in [6.45, 7) is 3.50. The molecule has 0 spiro atoms. The summed E-state index contributed by atoms with van der Waals surface area (Å²) in [6.07, 6.45) is 2.62. The van der Waals surface area contributed by atoms with Gasteiger partial charge in [0.1, 0.15) is 5.76 Å². The van der Waals surface area contributed by atoms with Gasteiger partial charge in [0.25, 0.3) is 0 Å². The molecule has 1 aromatic rings. The average Bonchev–Trinajstić information content (AvgIpc) is 2.91. The van der Waals surface area contributed by atoms with E-state index in [2.05, 4.69) is 5.32 Å². The molecule has 1 aromatic heterocycles. The van der Waals surface area contributed by atoms with Crippen LogP contribution in [-0.4, -0.2) is 43.5 Å². The van der Waals surface area contributed by atoms with Gasteiger partial charge in [-0.25, -0.2) is 0 Å². The predicted molar refractivity (Wildman–Crippen MR) is 73.9 cm³/mol. The van der Waals surface area contributed by atoms with Crippen molar-refractivity contribution in [2.75, 3.05) is 26.7 Å². The number of hydrogen-bond acceptors (Lipinski definition) is 5. The number of furan rings is 1. The summed E-state index contributed by atoms with van der Waals surface area (Å²) in [5.74, 6) is 0.538. The van der Waals surface area contributed by atoms with Gasteiger partial charge in [0.05, 0.1) is 26.0 Å². The number of ether oxygens (including phenoxy) is 1. The van der Waals surface area contributed by atoms with Crippen molar-refractivity contribution in [3.8, 4) is 0 Å². The van der Waals surface area contributed by atoms with Crippen molar-refractivity contribution < 1.29 is 18.7 Å². The minimum atomic E-state index is -0.199. The third-order valence-electron chi connectivity index (χ3n) is 2.71. The number of amides is 1. The lowest BCUT2D eigenvalue weighted by Crippen LogP contribution is -2.35. The Labute approximate surface area is 119 Å². The number of carbonyl (C=O) groups excluding carboxylic acids is 2. The van der Waals surface area contributed by atoms with Crippen LogP contribution >= 0.6 is 0 Å². The number of nitrogens with zero attached hydrogens (tertiary/aromatic N) is 1. The Morgan fingerprint density at radius 1 is 1.45 bits per heavy atom. The lowest BCUT2D eigenvalue weighted by molar-refractivity contribution is -0.143. The summed E-state index contributed by atoms with van der Waals surface area (Å²) in [5, 5.41) is 3.01. The fraction of sp³-hybridized carbons (Fsp3) is 0.571. The summed E-state index contributed by atoms with van der Waals surface area (Å²) in [4.78, 5) is 24.5. The molecule has 0 fully saturated rings. The number of nitrogens with one attached hydrogen (secondary N) is 1. The molecule has 0 saturated heterocycles. The minimum absolute atomic E-state index is 0.0162. The van der Waals surface area contributed by atoms with Gasteiger partial charge in [-0.2, -0.15) is 0 Å². The summed E-state index contributed by atoms with van der Waals surface area (Å²) in [6, 6.07) is 3.62. The maximum absolute atomic E-state index is 11.8. The van der Waals surface area contributed by atoms with Crippen molar-refractivity contribution in [3.05, 3.63) is 24.2 Å². The molecular formula is C14H22N2O4. The molecule has 1 amide bonds. The normalized spacial score (nSPS) is 10.3. The van der Waals surface area contributed by atoms with Crippen molar-refractivity contribution in [1.29, 1.82) is 0 Å². The topological polar surface area (TPSA) is 71.8 Å². The molecular weight excluding hydrogens is 260 g/mol. The van der Waals surface area contributed by atoms with E-state index in [9.17, 15) is 9.59 Å². The van der Waals surface area contributed by atoms with Crippen molar-refractivity contribution in [1.82, 2.24) is 10.2 Å². The molecule has 1 rings (SSSR count). The summed E-state index contributed by atoms with van der Waals surface area (Å²) < 4.78 is 10.00. The van der Waals surface area contributed by atoms with Crippen LogP contribution < -0.4 is 5.32 Å². The van der Waals surface area contributed by atoms with Crippen molar-refractivity contribution in [3.63, 3.8) is 0 Å². The van der Waals surface area contributed by atoms with Crippen LogP contribution in [0.3, 0.4) is 0 Å². The van der Waals surface area contributed by atoms with E-state index in [-0.39, 0.29) is 18.4 Å². The first-order chi connectivity index (χ1) is 9.63. The van der Waals surface area contributed by atoms with Crippen molar-refractivity contribution in [2.45, 2.75) is 26.3 Å². The van der Waals surface area contributed by atoms with Gasteiger partial charge < -0.3 is 19.4 Å². The summed E-state index contributed by atoms with van der Waals surface area (Å²) in [5.41, 5.74) is 0. The predicted octanol–water partition coefficient (Wildman–Crippen LogP) is 1.17. The van der Waals surface area contributed by atoms with E-state index < -0.39 is 0 Å². The van der Waals surface area contributed by atoms with E-state index in [1.165, 1.54) is 0 Å². The molecule has 0 aliphatic heterocycles. The van der Waals surface area contributed by atoms with Crippen LogP contribution in [0.25, 0.3) is 0 Å². The van der Waals surface area contributed by atoms with Crippen LogP contribution in [-0.2, 0) is 20.9 Å². The highest BCUT2D eigenvalue weighted by atomic mass is 16.5. The van der Waals surface area contributed by atoms with Gasteiger partial charge >= 0.3 is 5.97 Å². The van der Waals surface area contributed by atoms with E-state index in [1.807, 2.05) is 6.07 Å². The van der Waals surface area contributed by atoms with E-state index in [1.54, 1.807) is 31.2 Å². The molecule has 0 unspecified atom stereocenters. The van der Waals surface area contributed by atoms with Crippen LogP contribution in [0, 0.1) is 0 Å². The van der Waals surface area contributed by atoms with Gasteiger partial charge in [-0.3, -0.25) is 9.59 Å². The largest absolute Gasteiger partial charge is 0.467 e.